The van der Waals surface area contributed by atoms with Crippen LogP contribution in [0.3, 0.4) is 0 Å². The van der Waals surface area contributed by atoms with E-state index in [0.717, 1.165) is 22.0 Å². The van der Waals surface area contributed by atoms with Gasteiger partial charge in [0.25, 0.3) is 0 Å². The van der Waals surface area contributed by atoms with Gasteiger partial charge < -0.3 is 10.3 Å². The Bertz CT molecular complexity index is 774. The van der Waals surface area contributed by atoms with Crippen LogP contribution in [0, 0.1) is 0 Å². The molecule has 2 aromatic carbocycles. The summed E-state index contributed by atoms with van der Waals surface area (Å²) in [6.45, 7) is 4.11. The van der Waals surface area contributed by atoms with Gasteiger partial charge in [0.2, 0.25) is 0 Å². The highest BCUT2D eigenvalue weighted by Gasteiger charge is 2.24. The van der Waals surface area contributed by atoms with Crippen LogP contribution in [0.25, 0.3) is 10.9 Å². The summed E-state index contributed by atoms with van der Waals surface area (Å²) in [5.74, 6) is 0.0948. The Morgan fingerprint density at radius 1 is 1.00 bits per heavy atom. The van der Waals surface area contributed by atoms with Gasteiger partial charge in [0.15, 0.2) is 5.78 Å². The lowest BCUT2D eigenvalue weighted by atomic mass is 9.96. The molecule has 3 aromatic rings. The lowest BCUT2D eigenvalue weighted by Gasteiger charge is -2.20. The highest BCUT2D eigenvalue weighted by Crippen LogP contribution is 2.25. The number of hydrogen-bond donors (Lipinski definition) is 2. The first-order chi connectivity index (χ1) is 10.7. The molecule has 0 spiro atoms. The van der Waals surface area contributed by atoms with E-state index in [0.29, 0.717) is 0 Å². The number of carbonyl (C=O) groups excluding carboxylic acids is 1. The Labute approximate surface area is 130 Å². The van der Waals surface area contributed by atoms with E-state index in [1.54, 1.807) is 0 Å². The molecule has 112 valence electrons. The van der Waals surface area contributed by atoms with Crippen molar-refractivity contribution in [1.29, 1.82) is 0 Å². The van der Waals surface area contributed by atoms with Crippen LogP contribution in [0.4, 0.5) is 0 Å². The number of nitrogens with one attached hydrogen (secondary N) is 2. The van der Waals surface area contributed by atoms with Gasteiger partial charge in [-0.25, -0.2) is 0 Å². The molecule has 0 fully saturated rings. The maximum Gasteiger partial charge on any atom is 0.186 e. The molecule has 0 aliphatic carbocycles. The number of ketones is 1. The number of hydrogen-bond acceptors (Lipinski definition) is 2. The second-order valence-corrected chi connectivity index (χ2v) is 5.78. The number of rotatable bonds is 5. The average molecular weight is 292 g/mol. The molecule has 0 radical (unpaired) electrons. The van der Waals surface area contributed by atoms with Crippen molar-refractivity contribution in [3.63, 3.8) is 0 Å². The molecule has 0 saturated carbocycles. The second kappa shape index (κ2) is 6.16. The summed E-state index contributed by atoms with van der Waals surface area (Å²) in [6, 6.07) is 17.7. The number of fused-ring (bicyclic) bond motifs is 1. The van der Waals surface area contributed by atoms with Crippen molar-refractivity contribution in [2.24, 2.45) is 0 Å². The van der Waals surface area contributed by atoms with Crippen LogP contribution in [0.5, 0.6) is 0 Å². The fourth-order valence-electron chi connectivity index (χ4n) is 2.73. The van der Waals surface area contributed by atoms with E-state index in [1.807, 2.05) is 60.8 Å². The number of benzene rings is 2. The summed E-state index contributed by atoms with van der Waals surface area (Å²) in [7, 11) is 0. The zero-order valence-electron chi connectivity index (χ0n) is 12.8. The van der Waals surface area contributed by atoms with Crippen molar-refractivity contribution in [2.75, 3.05) is 0 Å². The molecular formula is C19H20N2O. The number of Topliss-reactive ketones (excluding diaryl/α,β-unsaturated/α-hetero) is 1. The fourth-order valence-corrected chi connectivity index (χ4v) is 2.73. The molecule has 2 N–H and O–H groups in total. The quantitative estimate of drug-likeness (QED) is 0.696. The first kappa shape index (κ1) is 14.5. The number of aromatic amines is 1. The molecule has 1 atom stereocenters. The SMILES string of the molecule is CC(C)NC(C(=O)c1c[nH]c2ccccc12)c1ccccc1. The number of carbonyl (C=O) groups is 1. The fraction of sp³-hybridized carbons (Fsp3) is 0.211. The molecule has 3 nitrogen and oxygen atoms in total. The summed E-state index contributed by atoms with van der Waals surface area (Å²) in [5.41, 5.74) is 2.71. The van der Waals surface area contributed by atoms with Crippen LogP contribution in [-0.4, -0.2) is 16.8 Å². The van der Waals surface area contributed by atoms with Crippen LogP contribution in [0.2, 0.25) is 0 Å². The predicted molar refractivity (Wildman–Crippen MR) is 90.1 cm³/mol. The number of para-hydroxylation sites is 1. The van der Waals surface area contributed by atoms with Crippen LogP contribution in [0.15, 0.2) is 60.8 Å². The Morgan fingerprint density at radius 3 is 2.41 bits per heavy atom. The maximum atomic E-state index is 13.1. The first-order valence-corrected chi connectivity index (χ1v) is 7.58. The van der Waals surface area contributed by atoms with Crippen molar-refractivity contribution in [1.82, 2.24) is 10.3 Å². The summed E-state index contributed by atoms with van der Waals surface area (Å²) < 4.78 is 0. The predicted octanol–water partition coefficient (Wildman–Crippen LogP) is 4.09. The Hall–Kier alpha value is -2.39. The molecular weight excluding hydrogens is 272 g/mol. The highest BCUT2D eigenvalue weighted by molar-refractivity contribution is 6.10. The van der Waals surface area contributed by atoms with E-state index in [-0.39, 0.29) is 17.9 Å². The third-order valence-electron chi connectivity index (χ3n) is 3.75. The van der Waals surface area contributed by atoms with E-state index in [9.17, 15) is 4.79 Å². The monoisotopic (exact) mass is 292 g/mol. The van der Waals surface area contributed by atoms with Gasteiger partial charge in [0.1, 0.15) is 0 Å². The third kappa shape index (κ3) is 2.81. The van der Waals surface area contributed by atoms with Crippen LogP contribution in [0.1, 0.15) is 35.8 Å². The van der Waals surface area contributed by atoms with Crippen molar-refractivity contribution >= 4 is 16.7 Å². The third-order valence-corrected chi connectivity index (χ3v) is 3.75. The van der Waals surface area contributed by atoms with Gasteiger partial charge in [-0.1, -0.05) is 48.5 Å². The van der Waals surface area contributed by atoms with Crippen molar-refractivity contribution < 1.29 is 4.79 Å². The van der Waals surface area contributed by atoms with Crippen molar-refractivity contribution in [2.45, 2.75) is 25.9 Å². The smallest absolute Gasteiger partial charge is 0.186 e. The average Bonchev–Trinajstić information content (AvgIpc) is 2.97. The number of H-pyrrole nitrogens is 1. The van der Waals surface area contributed by atoms with E-state index in [1.165, 1.54) is 0 Å². The minimum absolute atomic E-state index is 0.0948. The molecule has 3 rings (SSSR count). The highest BCUT2D eigenvalue weighted by atomic mass is 16.1. The lowest BCUT2D eigenvalue weighted by Crippen LogP contribution is -2.33. The van der Waals surface area contributed by atoms with Gasteiger partial charge in [-0.05, 0) is 25.5 Å². The Kier molecular flexibility index (Phi) is 4.07. The van der Waals surface area contributed by atoms with Crippen LogP contribution < -0.4 is 5.32 Å². The maximum absolute atomic E-state index is 13.1. The topological polar surface area (TPSA) is 44.9 Å². The Morgan fingerprint density at radius 2 is 1.68 bits per heavy atom. The molecule has 1 heterocycles. The minimum atomic E-state index is -0.333. The van der Waals surface area contributed by atoms with E-state index < -0.39 is 0 Å². The molecule has 1 aromatic heterocycles. The van der Waals surface area contributed by atoms with Crippen LogP contribution in [-0.2, 0) is 0 Å². The Balaban J connectivity index is 2.02. The molecule has 0 aliphatic heterocycles. The van der Waals surface area contributed by atoms with Gasteiger partial charge in [0, 0.05) is 28.7 Å². The molecule has 3 heteroatoms. The zero-order valence-corrected chi connectivity index (χ0v) is 12.8. The number of aromatic nitrogens is 1. The normalized spacial score (nSPS) is 12.7. The summed E-state index contributed by atoms with van der Waals surface area (Å²) in [5, 5.41) is 4.36. The van der Waals surface area contributed by atoms with Crippen molar-refractivity contribution in [3.05, 3.63) is 71.9 Å². The molecule has 0 bridgehead atoms. The summed E-state index contributed by atoms with van der Waals surface area (Å²) in [6.07, 6.45) is 1.81. The first-order valence-electron chi connectivity index (χ1n) is 7.58. The summed E-state index contributed by atoms with van der Waals surface area (Å²) >= 11 is 0. The van der Waals surface area contributed by atoms with Gasteiger partial charge in [0.05, 0.1) is 6.04 Å². The van der Waals surface area contributed by atoms with Gasteiger partial charge in [-0.15, -0.1) is 0 Å². The van der Waals surface area contributed by atoms with Gasteiger partial charge in [-0.3, -0.25) is 4.79 Å². The van der Waals surface area contributed by atoms with Gasteiger partial charge in [-0.2, -0.15) is 0 Å². The standard InChI is InChI=1S/C19H20N2O/c1-13(2)21-18(14-8-4-3-5-9-14)19(22)16-12-20-17-11-7-6-10-15(16)17/h3-13,18,20-21H,1-2H3. The molecule has 0 aliphatic rings. The van der Waals surface area contributed by atoms with E-state index in [4.69, 9.17) is 0 Å². The van der Waals surface area contributed by atoms with E-state index >= 15 is 0 Å². The van der Waals surface area contributed by atoms with Crippen molar-refractivity contribution in [3.8, 4) is 0 Å². The minimum Gasteiger partial charge on any atom is -0.360 e. The molecule has 1 unspecified atom stereocenters. The lowest BCUT2D eigenvalue weighted by molar-refractivity contribution is 0.0939. The van der Waals surface area contributed by atoms with Crippen LogP contribution >= 0.6 is 0 Å². The molecule has 0 saturated heterocycles. The second-order valence-electron chi connectivity index (χ2n) is 5.78. The van der Waals surface area contributed by atoms with Gasteiger partial charge >= 0.3 is 0 Å². The summed E-state index contributed by atoms with van der Waals surface area (Å²) in [4.78, 5) is 16.3. The molecule has 0 amide bonds. The zero-order chi connectivity index (χ0) is 15.5. The largest absolute Gasteiger partial charge is 0.360 e. The molecule has 22 heavy (non-hydrogen) atoms. The van der Waals surface area contributed by atoms with E-state index in [2.05, 4.69) is 24.1 Å².